The lowest BCUT2D eigenvalue weighted by molar-refractivity contribution is 0.104. The lowest BCUT2D eigenvalue weighted by Crippen LogP contribution is -2.06. The molecule has 0 spiro atoms. The molecule has 0 radical (unpaired) electrons. The van der Waals surface area contributed by atoms with Crippen LogP contribution in [0, 0.1) is 34.6 Å². The molecule has 0 heterocycles. The zero-order valence-electron chi connectivity index (χ0n) is 14.9. The molecule has 0 amide bonds. The summed E-state index contributed by atoms with van der Waals surface area (Å²) in [6.45, 7) is 12.1. The van der Waals surface area contributed by atoms with Crippen LogP contribution in [-0.2, 0) is 0 Å². The average Bonchev–Trinajstić information content (AvgIpc) is 2.41. The van der Waals surface area contributed by atoms with Crippen LogP contribution in [0.3, 0.4) is 0 Å². The van der Waals surface area contributed by atoms with E-state index in [0.717, 1.165) is 28.1 Å². The Morgan fingerprint density at radius 1 is 0.913 bits per heavy atom. The fourth-order valence-electron chi connectivity index (χ4n) is 3.08. The Morgan fingerprint density at radius 3 is 1.96 bits per heavy atom. The summed E-state index contributed by atoms with van der Waals surface area (Å²) in [6.07, 6.45) is 1.69. The maximum atomic E-state index is 12.7. The second-order valence-electron chi connectivity index (χ2n) is 6.36. The summed E-state index contributed by atoms with van der Waals surface area (Å²) in [5.41, 5.74) is 8.33. The van der Waals surface area contributed by atoms with Gasteiger partial charge in [0.15, 0.2) is 5.78 Å². The molecule has 2 rings (SSSR count). The minimum Gasteiger partial charge on any atom is -0.359 e. The number of carbonyl (C=O) groups is 1. The third kappa shape index (κ3) is 3.89. The minimum atomic E-state index is 0.0521. The van der Waals surface area contributed by atoms with Gasteiger partial charge in [-0.2, -0.15) is 0 Å². The highest BCUT2D eigenvalue weighted by Crippen LogP contribution is 2.22. The number of carbonyl (C=O) groups excluding carboxylic acids is 1. The van der Waals surface area contributed by atoms with Crippen LogP contribution in [-0.4, -0.2) is 5.78 Å². The van der Waals surface area contributed by atoms with Gasteiger partial charge >= 0.3 is 0 Å². The highest BCUT2D eigenvalue weighted by Gasteiger charge is 2.11. The standard InChI is InChI=1S/C21H25NO/c1-13-10-16(4)20(17(5)11-13)19(23)12-18(6)22-21-14(2)8-7-9-15(21)3/h7-12,22H,1-6H3. The number of nitrogens with one attached hydrogen (secondary N) is 1. The maximum absolute atomic E-state index is 12.7. The van der Waals surface area contributed by atoms with Crippen molar-refractivity contribution in [1.82, 2.24) is 0 Å². The number of allylic oxidation sites excluding steroid dienone is 2. The van der Waals surface area contributed by atoms with Crippen LogP contribution < -0.4 is 5.32 Å². The predicted octanol–water partition coefficient (Wildman–Crippen LogP) is 5.43. The van der Waals surface area contributed by atoms with Crippen molar-refractivity contribution >= 4 is 11.5 Å². The fourth-order valence-corrected chi connectivity index (χ4v) is 3.08. The first-order valence-electron chi connectivity index (χ1n) is 7.93. The van der Waals surface area contributed by atoms with E-state index in [1.165, 1.54) is 16.7 Å². The van der Waals surface area contributed by atoms with E-state index in [1.807, 2.05) is 26.8 Å². The maximum Gasteiger partial charge on any atom is 0.188 e. The number of rotatable bonds is 4. The average molecular weight is 307 g/mol. The lowest BCUT2D eigenvalue weighted by atomic mass is 9.96. The summed E-state index contributed by atoms with van der Waals surface area (Å²) in [5, 5.41) is 3.37. The Bertz CT molecular complexity index is 741. The van der Waals surface area contributed by atoms with E-state index < -0.39 is 0 Å². The van der Waals surface area contributed by atoms with Gasteiger partial charge in [0.2, 0.25) is 0 Å². The first-order valence-corrected chi connectivity index (χ1v) is 7.93. The first-order chi connectivity index (χ1) is 10.8. The molecular formula is C21H25NO. The van der Waals surface area contributed by atoms with Gasteiger partial charge in [-0.15, -0.1) is 0 Å². The van der Waals surface area contributed by atoms with Crippen LogP contribution in [0.5, 0.6) is 0 Å². The molecule has 2 nitrogen and oxygen atoms in total. The van der Waals surface area contributed by atoms with Crippen molar-refractivity contribution in [2.24, 2.45) is 0 Å². The molecule has 1 N–H and O–H groups in total. The van der Waals surface area contributed by atoms with Crippen molar-refractivity contribution in [3.63, 3.8) is 0 Å². The smallest absolute Gasteiger partial charge is 0.188 e. The molecular weight excluding hydrogens is 282 g/mol. The van der Waals surface area contributed by atoms with Gasteiger partial charge in [0.05, 0.1) is 0 Å². The van der Waals surface area contributed by atoms with E-state index >= 15 is 0 Å². The zero-order valence-corrected chi connectivity index (χ0v) is 14.9. The Morgan fingerprint density at radius 2 is 1.43 bits per heavy atom. The van der Waals surface area contributed by atoms with Crippen molar-refractivity contribution in [3.8, 4) is 0 Å². The molecule has 2 aromatic rings. The number of hydrogen-bond acceptors (Lipinski definition) is 2. The topological polar surface area (TPSA) is 29.1 Å². The van der Waals surface area contributed by atoms with E-state index in [0.29, 0.717) is 0 Å². The van der Waals surface area contributed by atoms with Gasteiger partial charge in [0.1, 0.15) is 0 Å². The summed E-state index contributed by atoms with van der Waals surface area (Å²) in [7, 11) is 0. The van der Waals surface area contributed by atoms with E-state index in [-0.39, 0.29) is 5.78 Å². The number of ketones is 1. The monoisotopic (exact) mass is 307 g/mol. The molecule has 0 aliphatic carbocycles. The molecule has 0 fully saturated rings. The molecule has 0 atom stereocenters. The number of anilines is 1. The van der Waals surface area contributed by atoms with Gasteiger partial charge in [-0.25, -0.2) is 0 Å². The quantitative estimate of drug-likeness (QED) is 0.603. The molecule has 0 saturated heterocycles. The Kier molecular flexibility index (Phi) is 5.05. The molecule has 2 aromatic carbocycles. The van der Waals surface area contributed by atoms with Gasteiger partial charge in [-0.1, -0.05) is 35.9 Å². The van der Waals surface area contributed by atoms with Crippen molar-refractivity contribution in [2.75, 3.05) is 5.32 Å². The Labute approximate surface area is 139 Å². The SMILES string of the molecule is CC(=CC(=O)c1c(C)cc(C)cc1C)Nc1c(C)cccc1C. The molecule has 0 unspecified atom stereocenters. The van der Waals surface area contributed by atoms with E-state index in [4.69, 9.17) is 0 Å². The summed E-state index contributed by atoms with van der Waals surface area (Å²) in [4.78, 5) is 12.7. The van der Waals surface area contributed by atoms with Crippen molar-refractivity contribution < 1.29 is 4.79 Å². The molecule has 0 aliphatic heterocycles. The minimum absolute atomic E-state index is 0.0521. The lowest BCUT2D eigenvalue weighted by Gasteiger charge is -2.13. The molecule has 0 aliphatic rings. The van der Waals surface area contributed by atoms with Crippen molar-refractivity contribution in [2.45, 2.75) is 41.5 Å². The normalized spacial score (nSPS) is 11.5. The van der Waals surface area contributed by atoms with Crippen molar-refractivity contribution in [1.29, 1.82) is 0 Å². The Balaban J connectivity index is 2.30. The van der Waals surface area contributed by atoms with Crippen LogP contribution in [0.15, 0.2) is 42.1 Å². The summed E-state index contributed by atoms with van der Waals surface area (Å²) in [5.74, 6) is 0.0521. The molecule has 0 bridgehead atoms. The number of benzene rings is 2. The van der Waals surface area contributed by atoms with E-state index in [1.54, 1.807) is 6.08 Å². The van der Waals surface area contributed by atoms with Crippen LogP contribution in [0.25, 0.3) is 0 Å². The molecule has 2 heteroatoms. The van der Waals surface area contributed by atoms with E-state index in [9.17, 15) is 4.79 Å². The summed E-state index contributed by atoms with van der Waals surface area (Å²) < 4.78 is 0. The van der Waals surface area contributed by atoms with Crippen LogP contribution >= 0.6 is 0 Å². The second-order valence-corrected chi connectivity index (χ2v) is 6.36. The highest BCUT2D eigenvalue weighted by molar-refractivity contribution is 6.07. The first kappa shape index (κ1) is 17.0. The molecule has 120 valence electrons. The fraction of sp³-hybridized carbons (Fsp3) is 0.286. The second kappa shape index (κ2) is 6.82. The number of hydrogen-bond donors (Lipinski definition) is 1. The summed E-state index contributed by atoms with van der Waals surface area (Å²) in [6, 6.07) is 10.3. The van der Waals surface area contributed by atoms with E-state index in [2.05, 4.69) is 50.4 Å². The van der Waals surface area contributed by atoms with Gasteiger partial charge in [-0.05, 0) is 63.8 Å². The van der Waals surface area contributed by atoms with Gasteiger partial charge in [0.25, 0.3) is 0 Å². The van der Waals surface area contributed by atoms with Gasteiger partial charge < -0.3 is 5.32 Å². The van der Waals surface area contributed by atoms with Crippen molar-refractivity contribution in [3.05, 3.63) is 75.5 Å². The Hall–Kier alpha value is -2.35. The molecule has 0 saturated carbocycles. The third-order valence-electron chi connectivity index (χ3n) is 4.07. The molecule has 0 aromatic heterocycles. The molecule has 23 heavy (non-hydrogen) atoms. The summed E-state index contributed by atoms with van der Waals surface area (Å²) >= 11 is 0. The largest absolute Gasteiger partial charge is 0.359 e. The predicted molar refractivity (Wildman–Crippen MR) is 98.3 cm³/mol. The highest BCUT2D eigenvalue weighted by atomic mass is 16.1. The van der Waals surface area contributed by atoms with Gasteiger partial charge in [-0.3, -0.25) is 4.79 Å². The van der Waals surface area contributed by atoms with Crippen LogP contribution in [0.2, 0.25) is 0 Å². The zero-order chi connectivity index (χ0) is 17.1. The van der Waals surface area contributed by atoms with Crippen LogP contribution in [0.1, 0.15) is 45.1 Å². The third-order valence-corrected chi connectivity index (χ3v) is 4.07. The van der Waals surface area contributed by atoms with Crippen LogP contribution in [0.4, 0.5) is 5.69 Å². The van der Waals surface area contributed by atoms with Gasteiger partial charge in [0, 0.05) is 23.0 Å². The number of aryl methyl sites for hydroxylation is 5. The number of para-hydroxylation sites is 1.